The van der Waals surface area contributed by atoms with E-state index in [9.17, 15) is 32.6 Å². The van der Waals surface area contributed by atoms with Gasteiger partial charge in [0.05, 0.1) is 29.2 Å². The van der Waals surface area contributed by atoms with Crippen molar-refractivity contribution in [2.75, 3.05) is 13.2 Å². The molecule has 11 nitrogen and oxygen atoms in total. The summed E-state index contributed by atoms with van der Waals surface area (Å²) in [5, 5.41) is 18.4. The van der Waals surface area contributed by atoms with Crippen molar-refractivity contribution in [3.63, 3.8) is 0 Å². The van der Waals surface area contributed by atoms with Crippen molar-refractivity contribution in [3.05, 3.63) is 44.5 Å². The summed E-state index contributed by atoms with van der Waals surface area (Å²) in [5.74, 6) is 0. The number of halogens is 3. The summed E-state index contributed by atoms with van der Waals surface area (Å²) in [6, 6.07) is 1.12. The molecule has 0 atom stereocenters. The highest BCUT2D eigenvalue weighted by Crippen LogP contribution is 2.50. The second-order valence-electron chi connectivity index (χ2n) is 5.96. The maximum atomic E-state index is 13.5. The lowest BCUT2D eigenvalue weighted by molar-refractivity contribution is -0.387. The number of hydrogen-bond donors (Lipinski definition) is 0. The third kappa shape index (κ3) is 3.80. The van der Waals surface area contributed by atoms with E-state index in [0.29, 0.717) is 12.1 Å². The predicted molar refractivity (Wildman–Crippen MR) is 97.3 cm³/mol. The summed E-state index contributed by atoms with van der Waals surface area (Å²) in [6.07, 6.45) is -4.77. The lowest BCUT2D eigenvalue weighted by Crippen LogP contribution is -2.25. The number of nitro benzene ring substituents is 1. The molecule has 30 heavy (non-hydrogen) atoms. The van der Waals surface area contributed by atoms with Crippen LogP contribution in [0.3, 0.4) is 0 Å². The summed E-state index contributed by atoms with van der Waals surface area (Å²) in [4.78, 5) is 22.9. The second kappa shape index (κ2) is 7.78. The van der Waals surface area contributed by atoms with Crippen LogP contribution in [0.2, 0.25) is 0 Å². The molecule has 0 aliphatic rings. The smallest absolute Gasteiger partial charge is 0.308 e. The first-order valence-corrected chi connectivity index (χ1v) is 10.2. The van der Waals surface area contributed by atoms with Crippen LogP contribution >= 0.6 is 7.60 Å². The Balaban J connectivity index is 2.43. The van der Waals surface area contributed by atoms with Crippen molar-refractivity contribution in [2.45, 2.75) is 26.3 Å². The molecule has 0 fully saturated rings. The molecule has 2 aromatic heterocycles. The lowest BCUT2D eigenvalue weighted by atomic mass is 10.1. The van der Waals surface area contributed by atoms with Crippen LogP contribution in [0.25, 0.3) is 16.7 Å². The third-order valence-corrected chi connectivity index (χ3v) is 6.03. The number of alkyl halides is 3. The molecule has 0 aliphatic carbocycles. The van der Waals surface area contributed by atoms with E-state index in [2.05, 4.69) is 10.2 Å². The number of nitrogens with zero attached hydrogens (tertiary/aromatic N) is 5. The quantitative estimate of drug-likeness (QED) is 0.305. The molecule has 0 saturated carbocycles. The molecule has 3 aromatic rings. The Morgan fingerprint density at radius 1 is 1.20 bits per heavy atom. The van der Waals surface area contributed by atoms with Gasteiger partial charge in [0.15, 0.2) is 0 Å². The van der Waals surface area contributed by atoms with Crippen molar-refractivity contribution in [1.29, 1.82) is 0 Å². The van der Waals surface area contributed by atoms with E-state index in [1.807, 2.05) is 0 Å². The van der Waals surface area contributed by atoms with Crippen molar-refractivity contribution in [3.8, 4) is 0 Å². The van der Waals surface area contributed by atoms with Gasteiger partial charge in [0.25, 0.3) is 11.2 Å². The van der Waals surface area contributed by atoms with Gasteiger partial charge in [-0.2, -0.15) is 13.2 Å². The molecule has 0 amide bonds. The minimum Gasteiger partial charge on any atom is -0.308 e. The largest absolute Gasteiger partial charge is 0.423 e. The summed E-state index contributed by atoms with van der Waals surface area (Å²) >= 11 is 0. The zero-order valence-electron chi connectivity index (χ0n) is 15.6. The van der Waals surface area contributed by atoms with E-state index < -0.39 is 41.8 Å². The van der Waals surface area contributed by atoms with Gasteiger partial charge in [-0.1, -0.05) is 0 Å². The van der Waals surface area contributed by atoms with E-state index in [0.717, 1.165) is 15.3 Å². The molecule has 0 spiro atoms. The Morgan fingerprint density at radius 3 is 2.37 bits per heavy atom. The van der Waals surface area contributed by atoms with Gasteiger partial charge >= 0.3 is 13.8 Å². The highest BCUT2D eigenvalue weighted by molar-refractivity contribution is 7.52. The van der Waals surface area contributed by atoms with E-state index in [1.54, 1.807) is 0 Å². The Labute approximate surface area is 165 Å². The first-order chi connectivity index (χ1) is 14.0. The Hall–Kier alpha value is -2.83. The summed E-state index contributed by atoms with van der Waals surface area (Å²) in [7, 11) is -3.93. The molecule has 0 unspecified atom stereocenters. The molecule has 0 saturated heterocycles. The number of fused-ring (bicyclic) bond motifs is 3. The van der Waals surface area contributed by atoms with Gasteiger partial charge in [0.2, 0.25) is 5.65 Å². The average Bonchev–Trinajstić information content (AvgIpc) is 3.14. The maximum absolute atomic E-state index is 13.5. The molecule has 0 bridgehead atoms. The topological polar surface area (TPSA) is 131 Å². The van der Waals surface area contributed by atoms with Crippen molar-refractivity contribution >= 4 is 30.0 Å². The zero-order valence-corrected chi connectivity index (χ0v) is 16.5. The fourth-order valence-electron chi connectivity index (χ4n) is 2.97. The monoisotopic (exact) mass is 449 g/mol. The summed E-state index contributed by atoms with van der Waals surface area (Å²) in [5.41, 5.74) is -4.55. The van der Waals surface area contributed by atoms with Crippen molar-refractivity contribution < 1.29 is 31.7 Å². The number of aromatic nitrogens is 4. The minimum absolute atomic E-state index is 0.0452. The average molecular weight is 449 g/mol. The van der Waals surface area contributed by atoms with E-state index in [4.69, 9.17) is 9.05 Å². The van der Waals surface area contributed by atoms with E-state index in [1.165, 1.54) is 13.8 Å². The molecule has 2 heterocycles. The highest BCUT2D eigenvalue weighted by atomic mass is 31.2. The number of rotatable bonds is 7. The first-order valence-electron chi connectivity index (χ1n) is 8.52. The van der Waals surface area contributed by atoms with Crippen molar-refractivity contribution in [2.24, 2.45) is 0 Å². The van der Waals surface area contributed by atoms with E-state index >= 15 is 0 Å². The Bertz CT molecular complexity index is 1230. The van der Waals surface area contributed by atoms with Gasteiger partial charge in [-0.05, 0) is 19.9 Å². The van der Waals surface area contributed by atoms with Crippen molar-refractivity contribution in [1.82, 2.24) is 19.2 Å². The van der Waals surface area contributed by atoms with Crippen LogP contribution in [-0.2, 0) is 26.1 Å². The van der Waals surface area contributed by atoms with Gasteiger partial charge in [-0.3, -0.25) is 28.4 Å². The molecular formula is C15H15F3N5O6P. The first kappa shape index (κ1) is 21.9. The molecule has 162 valence electrons. The van der Waals surface area contributed by atoms with Gasteiger partial charge in [-0.25, -0.2) is 0 Å². The molecule has 0 aliphatic heterocycles. The van der Waals surface area contributed by atoms with Crippen LogP contribution in [0.15, 0.2) is 23.3 Å². The summed E-state index contributed by atoms with van der Waals surface area (Å²) in [6.45, 7) is 2.96. The number of nitro groups is 1. The van der Waals surface area contributed by atoms with E-state index in [-0.39, 0.29) is 29.9 Å². The molecule has 0 radical (unpaired) electrons. The lowest BCUT2D eigenvalue weighted by Gasteiger charge is -2.20. The van der Waals surface area contributed by atoms with Crippen LogP contribution < -0.4 is 5.56 Å². The van der Waals surface area contributed by atoms with Gasteiger partial charge < -0.3 is 9.05 Å². The highest BCUT2D eigenvalue weighted by Gasteiger charge is 2.39. The minimum atomic E-state index is -5.08. The normalized spacial score (nSPS) is 12.7. The van der Waals surface area contributed by atoms with Crippen LogP contribution in [-0.4, -0.2) is 37.3 Å². The number of benzene rings is 1. The van der Waals surface area contributed by atoms with Gasteiger partial charge in [0.1, 0.15) is 18.2 Å². The molecule has 1 aromatic carbocycles. The van der Waals surface area contributed by atoms with Crippen LogP contribution in [0, 0.1) is 10.1 Å². The molecule has 0 N–H and O–H groups in total. The van der Waals surface area contributed by atoms with Crippen LogP contribution in [0.1, 0.15) is 19.4 Å². The second-order valence-corrected chi connectivity index (χ2v) is 7.98. The van der Waals surface area contributed by atoms with Gasteiger partial charge in [0, 0.05) is 6.07 Å². The maximum Gasteiger partial charge on any atom is 0.423 e. The molecular weight excluding hydrogens is 434 g/mol. The standard InChI is InChI=1S/C15H15F3N5O6P/c1-3-28-30(27,29-4-2)8-22-11-5-9(15(16,17)18)10(23(25)26)6-12(11)21-7-19-20-13(21)14(22)24/h5-7H,3-4,8H2,1-2H3. The summed E-state index contributed by atoms with van der Waals surface area (Å²) < 4.78 is 65.4. The molecule has 3 rings (SSSR count). The molecule has 15 heteroatoms. The fraction of sp³-hybridized carbons (Fsp3) is 0.400. The van der Waals surface area contributed by atoms with Crippen LogP contribution in [0.4, 0.5) is 18.9 Å². The number of hydrogen-bond acceptors (Lipinski definition) is 8. The SMILES string of the molecule is CCOP(=O)(Cn1c(=O)c2nncn2c2cc([N+](=O)[O-])c(C(F)(F)F)cc21)OCC. The Kier molecular flexibility index (Phi) is 5.67. The van der Waals surface area contributed by atoms with Crippen LogP contribution in [0.5, 0.6) is 0 Å². The van der Waals surface area contributed by atoms with Gasteiger partial charge in [-0.15, -0.1) is 10.2 Å². The Morgan fingerprint density at radius 2 is 1.83 bits per heavy atom. The third-order valence-electron chi connectivity index (χ3n) is 4.10. The zero-order chi connectivity index (χ0) is 22.3. The fourth-order valence-corrected chi connectivity index (χ4v) is 4.62. The predicted octanol–water partition coefficient (Wildman–Crippen LogP) is 3.19.